The Bertz CT molecular complexity index is 197. The highest BCUT2D eigenvalue weighted by molar-refractivity contribution is 5.39. The summed E-state index contributed by atoms with van der Waals surface area (Å²) in [5, 5.41) is 6.83. The van der Waals surface area contributed by atoms with Crippen LogP contribution in [0.4, 0.5) is 0 Å². The fourth-order valence-electron chi connectivity index (χ4n) is 2.22. The van der Waals surface area contributed by atoms with E-state index in [0.717, 1.165) is 6.04 Å². The zero-order valence-electron chi connectivity index (χ0n) is 5.28. The van der Waals surface area contributed by atoms with Crippen LogP contribution < -0.4 is 10.6 Å². The maximum atomic E-state index is 3.43. The monoisotopic (exact) mass is 122 g/mol. The molecule has 48 valence electrons. The van der Waals surface area contributed by atoms with Crippen LogP contribution in [-0.2, 0) is 0 Å². The van der Waals surface area contributed by atoms with E-state index in [1.54, 1.807) is 0 Å². The Labute approximate surface area is 54.3 Å². The molecule has 0 saturated carbocycles. The first-order valence-corrected chi connectivity index (χ1v) is 3.60. The van der Waals surface area contributed by atoms with Crippen molar-refractivity contribution >= 4 is 0 Å². The van der Waals surface area contributed by atoms with Gasteiger partial charge in [0.05, 0.1) is 6.04 Å². The predicted molar refractivity (Wildman–Crippen MR) is 34.9 cm³/mol. The Morgan fingerprint density at radius 2 is 2.67 bits per heavy atom. The van der Waals surface area contributed by atoms with Crippen LogP contribution in [-0.4, -0.2) is 19.1 Å². The molecular weight excluding hydrogens is 112 g/mol. The van der Waals surface area contributed by atoms with E-state index in [-0.39, 0.29) is 0 Å². The van der Waals surface area contributed by atoms with Crippen LogP contribution >= 0.6 is 0 Å². The summed E-state index contributed by atoms with van der Waals surface area (Å²) in [5.41, 5.74) is 2.12. The molecule has 2 heteroatoms. The van der Waals surface area contributed by atoms with E-state index in [1.165, 1.54) is 25.2 Å². The van der Waals surface area contributed by atoms with Gasteiger partial charge in [-0.1, -0.05) is 6.08 Å². The van der Waals surface area contributed by atoms with Crippen LogP contribution in [0.2, 0.25) is 0 Å². The quantitative estimate of drug-likeness (QED) is 0.466. The molecule has 2 fully saturated rings. The van der Waals surface area contributed by atoms with E-state index >= 15 is 0 Å². The van der Waals surface area contributed by atoms with Gasteiger partial charge < -0.3 is 10.6 Å². The number of nitrogens with one attached hydrogen (secondary N) is 2. The van der Waals surface area contributed by atoms with Crippen LogP contribution in [0.3, 0.4) is 0 Å². The lowest BCUT2D eigenvalue weighted by molar-refractivity contribution is 0.172. The minimum Gasteiger partial charge on any atom is -0.383 e. The number of rotatable bonds is 0. The fraction of sp³-hybridized carbons (Fsp3) is 0.714. The van der Waals surface area contributed by atoms with Gasteiger partial charge in [0.1, 0.15) is 0 Å². The van der Waals surface area contributed by atoms with Crippen LogP contribution in [0.25, 0.3) is 0 Å². The number of hydrogen-bond donors (Lipinski definition) is 2. The Hall–Kier alpha value is -0.500. The van der Waals surface area contributed by atoms with Crippen molar-refractivity contribution in [1.29, 1.82) is 0 Å². The third kappa shape index (κ3) is 0.279. The smallest absolute Gasteiger partial charge is 0.0509 e. The Kier molecular flexibility index (Phi) is 0.499. The summed E-state index contributed by atoms with van der Waals surface area (Å²) < 4.78 is 0. The summed E-state index contributed by atoms with van der Waals surface area (Å²) in [7, 11) is 0. The molecule has 2 heterocycles. The van der Waals surface area contributed by atoms with Gasteiger partial charge in [0.25, 0.3) is 0 Å². The molecule has 0 radical (unpaired) electrons. The standard InChI is InChI=1S/C7H10N2/c1-2-7-4-8-3-6(7)9-5(1)7/h1,6,8-9H,2-4H2. The molecule has 1 spiro atoms. The van der Waals surface area contributed by atoms with Gasteiger partial charge in [0.2, 0.25) is 0 Å². The molecule has 2 saturated heterocycles. The highest BCUT2D eigenvalue weighted by atomic mass is 15.2. The van der Waals surface area contributed by atoms with Crippen molar-refractivity contribution in [1.82, 2.24) is 10.6 Å². The minimum atomic E-state index is 0.611. The van der Waals surface area contributed by atoms with E-state index in [0.29, 0.717) is 5.41 Å². The van der Waals surface area contributed by atoms with E-state index in [2.05, 4.69) is 16.7 Å². The average molecular weight is 122 g/mol. The summed E-state index contributed by atoms with van der Waals surface area (Å²) in [4.78, 5) is 0. The average Bonchev–Trinajstić information content (AvgIpc) is 2.23. The molecule has 2 atom stereocenters. The predicted octanol–water partition coefficient (Wildman–Crippen LogP) is -0.165. The van der Waals surface area contributed by atoms with Crippen molar-refractivity contribution in [3.05, 3.63) is 11.8 Å². The molecule has 0 amide bonds. The SMILES string of the molecule is C1=C2NC3CNCC23C1. The fourth-order valence-corrected chi connectivity index (χ4v) is 2.22. The molecule has 3 aliphatic rings. The summed E-state index contributed by atoms with van der Waals surface area (Å²) in [5.74, 6) is 0. The van der Waals surface area contributed by atoms with Crippen molar-refractivity contribution in [3.63, 3.8) is 0 Å². The summed E-state index contributed by atoms with van der Waals surface area (Å²) >= 11 is 0. The third-order valence-corrected chi connectivity index (χ3v) is 2.99. The zero-order chi connectivity index (χ0) is 5.90. The maximum absolute atomic E-state index is 3.43. The highest BCUT2D eigenvalue weighted by Crippen LogP contribution is 2.51. The van der Waals surface area contributed by atoms with Gasteiger partial charge in [-0.3, -0.25) is 0 Å². The second-order valence-corrected chi connectivity index (χ2v) is 3.31. The molecule has 0 aromatic rings. The lowest BCUT2D eigenvalue weighted by Gasteiger charge is -2.54. The van der Waals surface area contributed by atoms with Gasteiger partial charge in [-0.05, 0) is 6.42 Å². The number of hydrogen-bond acceptors (Lipinski definition) is 2. The molecule has 3 rings (SSSR count). The van der Waals surface area contributed by atoms with Crippen molar-refractivity contribution in [3.8, 4) is 0 Å². The van der Waals surface area contributed by atoms with Gasteiger partial charge in [-0.25, -0.2) is 0 Å². The molecule has 2 N–H and O–H groups in total. The van der Waals surface area contributed by atoms with Crippen molar-refractivity contribution in [2.75, 3.05) is 13.1 Å². The van der Waals surface area contributed by atoms with Crippen LogP contribution in [0.15, 0.2) is 11.8 Å². The van der Waals surface area contributed by atoms with Crippen molar-refractivity contribution < 1.29 is 0 Å². The Balaban J connectivity index is 2.06. The van der Waals surface area contributed by atoms with Gasteiger partial charge >= 0.3 is 0 Å². The van der Waals surface area contributed by atoms with Crippen molar-refractivity contribution in [2.45, 2.75) is 12.5 Å². The Morgan fingerprint density at radius 1 is 1.67 bits per heavy atom. The van der Waals surface area contributed by atoms with Gasteiger partial charge in [0, 0.05) is 24.2 Å². The first kappa shape index (κ1) is 4.34. The molecule has 2 unspecified atom stereocenters. The summed E-state index contributed by atoms with van der Waals surface area (Å²) in [6, 6.07) is 0.775. The van der Waals surface area contributed by atoms with Crippen LogP contribution in [0.5, 0.6) is 0 Å². The van der Waals surface area contributed by atoms with E-state index in [4.69, 9.17) is 0 Å². The topological polar surface area (TPSA) is 24.1 Å². The summed E-state index contributed by atoms with van der Waals surface area (Å²) in [6.07, 6.45) is 3.62. The Morgan fingerprint density at radius 3 is 3.11 bits per heavy atom. The normalized spacial score (nSPS) is 51.6. The van der Waals surface area contributed by atoms with Gasteiger partial charge in [0.15, 0.2) is 0 Å². The zero-order valence-corrected chi connectivity index (χ0v) is 5.28. The number of allylic oxidation sites excluding steroid dienone is 1. The molecule has 0 aromatic heterocycles. The van der Waals surface area contributed by atoms with E-state index in [9.17, 15) is 0 Å². The van der Waals surface area contributed by atoms with Gasteiger partial charge in [-0.2, -0.15) is 0 Å². The third-order valence-electron chi connectivity index (χ3n) is 2.99. The molecule has 1 aliphatic carbocycles. The second kappa shape index (κ2) is 1.03. The van der Waals surface area contributed by atoms with Gasteiger partial charge in [-0.15, -0.1) is 0 Å². The molecule has 9 heavy (non-hydrogen) atoms. The lowest BCUT2D eigenvalue weighted by atomic mass is 9.63. The van der Waals surface area contributed by atoms with Crippen LogP contribution in [0.1, 0.15) is 6.42 Å². The molecule has 0 bridgehead atoms. The van der Waals surface area contributed by atoms with E-state index in [1.807, 2.05) is 0 Å². The second-order valence-electron chi connectivity index (χ2n) is 3.31. The first-order chi connectivity index (χ1) is 4.42. The molecule has 0 aromatic carbocycles. The first-order valence-electron chi connectivity index (χ1n) is 3.60. The summed E-state index contributed by atoms with van der Waals surface area (Å²) in [6.45, 7) is 2.40. The minimum absolute atomic E-state index is 0.611. The molecule has 2 aliphatic heterocycles. The van der Waals surface area contributed by atoms with Crippen LogP contribution in [0, 0.1) is 5.41 Å². The van der Waals surface area contributed by atoms with Crippen molar-refractivity contribution in [2.24, 2.45) is 5.41 Å². The maximum Gasteiger partial charge on any atom is 0.0509 e. The lowest BCUT2D eigenvalue weighted by Crippen LogP contribution is -2.63. The molecular formula is C7H10N2. The largest absolute Gasteiger partial charge is 0.383 e. The highest BCUT2D eigenvalue weighted by Gasteiger charge is 2.57. The molecule has 2 nitrogen and oxygen atoms in total. The van der Waals surface area contributed by atoms with E-state index < -0.39 is 0 Å².